The van der Waals surface area contributed by atoms with Crippen molar-refractivity contribution in [3.05, 3.63) is 58.9 Å². The van der Waals surface area contributed by atoms with Crippen LogP contribution < -0.4 is 5.32 Å². The molecule has 1 N–H and O–H groups in total. The monoisotopic (exact) mass is 498 g/mol. The van der Waals surface area contributed by atoms with Gasteiger partial charge < -0.3 is 14.8 Å². The number of morpholine rings is 1. The quantitative estimate of drug-likeness (QED) is 0.612. The van der Waals surface area contributed by atoms with Gasteiger partial charge in [-0.1, -0.05) is 11.6 Å². The van der Waals surface area contributed by atoms with Crippen molar-refractivity contribution < 1.29 is 31.9 Å². The molecule has 1 aliphatic heterocycles. The Morgan fingerprint density at radius 2 is 1.76 bits per heavy atom. The number of rotatable bonds is 6. The van der Waals surface area contributed by atoms with Gasteiger partial charge in [-0.05, 0) is 63.2 Å². The summed E-state index contributed by atoms with van der Waals surface area (Å²) in [5.74, 6) is -2.06. The Bertz CT molecular complexity index is 1130. The summed E-state index contributed by atoms with van der Waals surface area (Å²) in [4.78, 5) is 24.7. The normalized spacial score (nSPS) is 20.2. The van der Waals surface area contributed by atoms with E-state index >= 15 is 0 Å². The largest absolute Gasteiger partial charge is 0.449 e. The molecule has 8 nitrogen and oxygen atoms in total. The number of halogens is 2. The van der Waals surface area contributed by atoms with Crippen molar-refractivity contribution in [2.75, 3.05) is 18.4 Å². The highest BCUT2D eigenvalue weighted by atomic mass is 35.5. The first kappa shape index (κ1) is 25.1. The van der Waals surface area contributed by atoms with Crippen LogP contribution in [0.2, 0.25) is 5.02 Å². The lowest BCUT2D eigenvalue weighted by Gasteiger charge is -2.34. The Morgan fingerprint density at radius 3 is 2.33 bits per heavy atom. The van der Waals surface area contributed by atoms with Crippen molar-refractivity contribution >= 4 is 39.2 Å². The number of sulfonamides is 1. The SMILES string of the molecule is CC1CN(S(=O)(=O)c2ccc(C(=O)OC(C)C(=O)Nc3ccc(F)c(Cl)c3)cc2)CC(C)O1. The number of carbonyl (C=O) groups excluding carboxylic acids is 2. The number of amides is 1. The van der Waals surface area contributed by atoms with Gasteiger partial charge in [0.1, 0.15) is 5.82 Å². The van der Waals surface area contributed by atoms with Crippen LogP contribution in [0.4, 0.5) is 10.1 Å². The molecular formula is C22H24ClFN2O6S. The molecule has 1 amide bonds. The first-order chi connectivity index (χ1) is 15.5. The molecule has 0 saturated carbocycles. The highest BCUT2D eigenvalue weighted by Crippen LogP contribution is 2.22. The van der Waals surface area contributed by atoms with E-state index in [1.165, 1.54) is 47.6 Å². The van der Waals surface area contributed by atoms with Gasteiger partial charge in [0.25, 0.3) is 5.91 Å². The summed E-state index contributed by atoms with van der Waals surface area (Å²) in [6.45, 7) is 5.46. The van der Waals surface area contributed by atoms with E-state index < -0.39 is 33.8 Å². The molecule has 33 heavy (non-hydrogen) atoms. The third-order valence-corrected chi connectivity index (χ3v) is 7.09. The Kier molecular flexibility index (Phi) is 7.73. The molecule has 0 aliphatic carbocycles. The lowest BCUT2D eigenvalue weighted by atomic mass is 10.2. The summed E-state index contributed by atoms with van der Waals surface area (Å²) in [5.41, 5.74) is 0.331. The Labute approximate surface area is 196 Å². The Hall–Kier alpha value is -2.53. The fraction of sp³-hybridized carbons (Fsp3) is 0.364. The second kappa shape index (κ2) is 10.2. The molecule has 1 heterocycles. The number of anilines is 1. The van der Waals surface area contributed by atoms with Crippen LogP contribution in [0.25, 0.3) is 0 Å². The number of hydrogen-bond acceptors (Lipinski definition) is 6. The fourth-order valence-corrected chi connectivity index (χ4v) is 5.11. The number of hydrogen-bond donors (Lipinski definition) is 1. The highest BCUT2D eigenvalue weighted by molar-refractivity contribution is 7.89. The zero-order valence-corrected chi connectivity index (χ0v) is 19.8. The minimum absolute atomic E-state index is 0.0410. The van der Waals surface area contributed by atoms with Crippen LogP contribution in [0.1, 0.15) is 31.1 Å². The number of esters is 1. The lowest BCUT2D eigenvalue weighted by Crippen LogP contribution is -2.48. The van der Waals surface area contributed by atoms with Crippen LogP contribution in [0.15, 0.2) is 47.4 Å². The van der Waals surface area contributed by atoms with Crippen LogP contribution in [0.5, 0.6) is 0 Å². The fourth-order valence-electron chi connectivity index (χ4n) is 3.34. The molecule has 2 aromatic rings. The van der Waals surface area contributed by atoms with Crippen molar-refractivity contribution in [1.29, 1.82) is 0 Å². The van der Waals surface area contributed by atoms with E-state index in [2.05, 4.69) is 5.32 Å². The first-order valence-electron chi connectivity index (χ1n) is 10.2. The molecule has 0 spiro atoms. The van der Waals surface area contributed by atoms with E-state index in [-0.39, 0.29) is 46.5 Å². The molecule has 3 atom stereocenters. The van der Waals surface area contributed by atoms with Crippen LogP contribution >= 0.6 is 11.6 Å². The van der Waals surface area contributed by atoms with E-state index in [9.17, 15) is 22.4 Å². The van der Waals surface area contributed by atoms with Crippen molar-refractivity contribution in [3.63, 3.8) is 0 Å². The molecule has 3 rings (SSSR count). The van der Waals surface area contributed by atoms with Gasteiger partial charge in [0.2, 0.25) is 10.0 Å². The Morgan fingerprint density at radius 1 is 1.15 bits per heavy atom. The molecule has 0 radical (unpaired) electrons. The van der Waals surface area contributed by atoms with E-state index in [4.69, 9.17) is 21.1 Å². The maximum atomic E-state index is 13.2. The van der Waals surface area contributed by atoms with Crippen molar-refractivity contribution in [2.45, 2.75) is 44.0 Å². The number of ether oxygens (including phenoxy) is 2. The lowest BCUT2D eigenvalue weighted by molar-refractivity contribution is -0.123. The molecule has 0 bridgehead atoms. The van der Waals surface area contributed by atoms with Crippen molar-refractivity contribution in [2.24, 2.45) is 0 Å². The number of nitrogens with one attached hydrogen (secondary N) is 1. The van der Waals surface area contributed by atoms with Gasteiger partial charge in [-0.3, -0.25) is 4.79 Å². The summed E-state index contributed by atoms with van der Waals surface area (Å²) >= 11 is 5.69. The molecule has 1 fully saturated rings. The van der Waals surface area contributed by atoms with Gasteiger partial charge in [0, 0.05) is 18.8 Å². The van der Waals surface area contributed by atoms with Gasteiger partial charge in [0.15, 0.2) is 6.10 Å². The zero-order valence-electron chi connectivity index (χ0n) is 18.2. The molecule has 1 aliphatic rings. The minimum Gasteiger partial charge on any atom is -0.449 e. The second-order valence-electron chi connectivity index (χ2n) is 7.77. The van der Waals surface area contributed by atoms with E-state index in [0.717, 1.165) is 6.07 Å². The first-order valence-corrected chi connectivity index (χ1v) is 12.0. The van der Waals surface area contributed by atoms with Crippen LogP contribution in [-0.2, 0) is 24.3 Å². The predicted molar refractivity (Wildman–Crippen MR) is 120 cm³/mol. The summed E-state index contributed by atoms with van der Waals surface area (Å²) in [6, 6.07) is 8.95. The summed E-state index contributed by atoms with van der Waals surface area (Å²) in [6.07, 6.45) is -1.62. The Balaban J connectivity index is 1.63. The topological polar surface area (TPSA) is 102 Å². The van der Waals surface area contributed by atoms with Gasteiger partial charge in [-0.15, -0.1) is 0 Å². The summed E-state index contributed by atoms with van der Waals surface area (Å²) in [7, 11) is -3.75. The summed E-state index contributed by atoms with van der Waals surface area (Å²) < 4.78 is 51.2. The number of nitrogens with zero attached hydrogens (tertiary/aromatic N) is 1. The van der Waals surface area contributed by atoms with E-state index in [0.29, 0.717) is 0 Å². The number of carbonyl (C=O) groups is 2. The van der Waals surface area contributed by atoms with Crippen LogP contribution in [-0.4, -0.2) is 56.0 Å². The van der Waals surface area contributed by atoms with Gasteiger partial charge in [-0.2, -0.15) is 4.31 Å². The minimum atomic E-state index is -3.75. The zero-order chi connectivity index (χ0) is 24.3. The smallest absolute Gasteiger partial charge is 0.338 e. The molecule has 3 unspecified atom stereocenters. The molecular weight excluding hydrogens is 475 g/mol. The average Bonchev–Trinajstić information content (AvgIpc) is 2.75. The molecule has 1 saturated heterocycles. The molecule has 178 valence electrons. The average molecular weight is 499 g/mol. The van der Waals surface area contributed by atoms with E-state index in [1.807, 2.05) is 0 Å². The number of benzene rings is 2. The van der Waals surface area contributed by atoms with Crippen LogP contribution in [0, 0.1) is 5.82 Å². The van der Waals surface area contributed by atoms with Gasteiger partial charge in [0.05, 0.1) is 27.7 Å². The van der Waals surface area contributed by atoms with Gasteiger partial charge in [-0.25, -0.2) is 17.6 Å². The maximum absolute atomic E-state index is 13.2. The van der Waals surface area contributed by atoms with Crippen LogP contribution in [0.3, 0.4) is 0 Å². The predicted octanol–water partition coefficient (Wildman–Crippen LogP) is 3.46. The van der Waals surface area contributed by atoms with Crippen molar-refractivity contribution in [3.8, 4) is 0 Å². The third-order valence-electron chi connectivity index (χ3n) is 4.95. The summed E-state index contributed by atoms with van der Waals surface area (Å²) in [5, 5.41) is 2.32. The third kappa shape index (κ3) is 6.08. The van der Waals surface area contributed by atoms with Gasteiger partial charge >= 0.3 is 5.97 Å². The highest BCUT2D eigenvalue weighted by Gasteiger charge is 2.32. The maximum Gasteiger partial charge on any atom is 0.338 e. The second-order valence-corrected chi connectivity index (χ2v) is 10.1. The standard InChI is InChI=1S/C22H24ClFN2O6S/c1-13-11-26(12-14(2)31-13)33(29,30)18-7-4-16(5-8-18)22(28)32-15(3)21(27)25-17-6-9-20(24)19(23)10-17/h4-10,13-15H,11-12H2,1-3H3,(H,25,27). The molecule has 0 aromatic heterocycles. The van der Waals surface area contributed by atoms with Crippen molar-refractivity contribution in [1.82, 2.24) is 4.31 Å². The molecule has 2 aromatic carbocycles. The molecule has 11 heteroatoms. The van der Waals surface area contributed by atoms with E-state index in [1.54, 1.807) is 13.8 Å².